The van der Waals surface area contributed by atoms with E-state index < -0.39 is 16.4 Å². The number of benzene rings is 1. The van der Waals surface area contributed by atoms with Crippen LogP contribution in [-0.2, 0) is 0 Å². The number of aryl methyl sites for hydroxylation is 2. The Labute approximate surface area is 119 Å². The second-order valence-corrected chi connectivity index (χ2v) is 4.34. The lowest BCUT2D eigenvalue weighted by Crippen LogP contribution is -1.99. The molecule has 0 atom stereocenters. The van der Waals surface area contributed by atoms with Gasteiger partial charge in [-0.15, -0.1) is 0 Å². The van der Waals surface area contributed by atoms with Crippen molar-refractivity contribution in [3.8, 4) is 17.7 Å². The fourth-order valence-electron chi connectivity index (χ4n) is 1.84. The topological polar surface area (TPSA) is 89.0 Å². The van der Waals surface area contributed by atoms with Crippen LogP contribution in [-0.4, -0.2) is 9.91 Å². The largest absolute Gasteiger partial charge is 0.430 e. The van der Waals surface area contributed by atoms with Crippen LogP contribution in [0.4, 0.5) is 10.1 Å². The van der Waals surface area contributed by atoms with Crippen LogP contribution < -0.4 is 4.74 Å². The van der Waals surface area contributed by atoms with Crippen LogP contribution in [0.1, 0.15) is 16.8 Å². The number of nitro benzene ring substituents is 1. The number of ether oxygens (including phenoxy) is 1. The fraction of sp³-hybridized carbons (Fsp3) is 0.143. The van der Waals surface area contributed by atoms with E-state index in [1.54, 1.807) is 19.9 Å². The van der Waals surface area contributed by atoms with Crippen LogP contribution in [0.5, 0.6) is 11.6 Å². The summed E-state index contributed by atoms with van der Waals surface area (Å²) in [6, 6.07) is 6.56. The van der Waals surface area contributed by atoms with Crippen LogP contribution >= 0.6 is 0 Å². The van der Waals surface area contributed by atoms with Crippen LogP contribution in [0.25, 0.3) is 0 Å². The molecule has 0 saturated heterocycles. The van der Waals surface area contributed by atoms with Gasteiger partial charge >= 0.3 is 5.69 Å². The minimum absolute atomic E-state index is 0.0373. The molecule has 106 valence electrons. The number of aromatic nitrogens is 1. The Morgan fingerprint density at radius 3 is 2.71 bits per heavy atom. The third-order valence-electron chi connectivity index (χ3n) is 2.75. The Hall–Kier alpha value is -3.01. The summed E-state index contributed by atoms with van der Waals surface area (Å²) < 4.78 is 18.5. The second-order valence-electron chi connectivity index (χ2n) is 4.34. The third kappa shape index (κ3) is 2.95. The van der Waals surface area contributed by atoms with Crippen molar-refractivity contribution in [1.29, 1.82) is 5.26 Å². The molecular formula is C14H10FN3O3. The van der Waals surface area contributed by atoms with Crippen molar-refractivity contribution in [2.24, 2.45) is 0 Å². The average Bonchev–Trinajstić information content (AvgIpc) is 2.40. The molecule has 0 N–H and O–H groups in total. The number of nitro groups is 1. The number of nitrogens with zero attached hydrogens (tertiary/aromatic N) is 3. The second kappa shape index (κ2) is 5.54. The number of pyridine rings is 1. The predicted octanol–water partition coefficient (Wildman–Crippen LogP) is 3.41. The lowest BCUT2D eigenvalue weighted by Gasteiger charge is -2.09. The molecule has 0 unspecified atom stereocenters. The van der Waals surface area contributed by atoms with Crippen molar-refractivity contribution >= 4 is 5.69 Å². The molecule has 6 nitrogen and oxygen atoms in total. The van der Waals surface area contributed by atoms with Gasteiger partial charge in [0, 0.05) is 5.69 Å². The third-order valence-corrected chi connectivity index (χ3v) is 2.75. The molecule has 0 bridgehead atoms. The van der Waals surface area contributed by atoms with E-state index in [1.165, 1.54) is 0 Å². The Kier molecular flexibility index (Phi) is 3.80. The highest BCUT2D eigenvalue weighted by Gasteiger charge is 2.19. The SMILES string of the molecule is Cc1cc(C)c(C#N)c(Oc2ccc(F)cc2[N+](=O)[O-])n1. The number of hydrogen-bond donors (Lipinski definition) is 0. The maximum Gasteiger partial charge on any atom is 0.314 e. The molecule has 0 aliphatic rings. The smallest absolute Gasteiger partial charge is 0.314 e. The van der Waals surface area contributed by atoms with Gasteiger partial charge in [-0.1, -0.05) is 0 Å². The fourth-order valence-corrected chi connectivity index (χ4v) is 1.84. The molecular weight excluding hydrogens is 277 g/mol. The molecule has 1 aromatic heterocycles. The summed E-state index contributed by atoms with van der Waals surface area (Å²) in [4.78, 5) is 14.2. The van der Waals surface area contributed by atoms with Crippen molar-refractivity contribution in [3.63, 3.8) is 0 Å². The normalized spacial score (nSPS) is 10.0. The van der Waals surface area contributed by atoms with E-state index in [0.717, 1.165) is 18.2 Å². The minimum atomic E-state index is -0.757. The molecule has 1 aromatic carbocycles. The van der Waals surface area contributed by atoms with E-state index in [2.05, 4.69) is 4.98 Å². The van der Waals surface area contributed by atoms with Gasteiger partial charge in [0.2, 0.25) is 11.6 Å². The van der Waals surface area contributed by atoms with Crippen molar-refractivity contribution in [3.05, 3.63) is 57.0 Å². The molecule has 7 heteroatoms. The monoisotopic (exact) mass is 287 g/mol. The molecule has 0 saturated carbocycles. The summed E-state index contributed by atoms with van der Waals surface area (Å²) >= 11 is 0. The Balaban J connectivity index is 2.53. The zero-order valence-corrected chi connectivity index (χ0v) is 11.3. The summed E-state index contributed by atoms with van der Waals surface area (Å²) in [6.07, 6.45) is 0. The van der Waals surface area contributed by atoms with E-state index >= 15 is 0 Å². The van der Waals surface area contributed by atoms with Gasteiger partial charge in [0.1, 0.15) is 17.4 Å². The molecule has 0 aliphatic heterocycles. The molecule has 0 aliphatic carbocycles. The van der Waals surface area contributed by atoms with Crippen molar-refractivity contribution in [2.45, 2.75) is 13.8 Å². The van der Waals surface area contributed by atoms with E-state index in [1.807, 2.05) is 6.07 Å². The molecule has 2 rings (SSSR count). The molecule has 0 radical (unpaired) electrons. The standard InChI is InChI=1S/C14H10FN3O3/c1-8-5-9(2)17-14(11(8)7-16)21-13-4-3-10(15)6-12(13)18(19)20/h3-6H,1-2H3. The lowest BCUT2D eigenvalue weighted by atomic mass is 10.1. The summed E-state index contributed by atoms with van der Waals surface area (Å²) in [7, 11) is 0. The Bertz CT molecular complexity index is 769. The van der Waals surface area contributed by atoms with E-state index in [9.17, 15) is 14.5 Å². The van der Waals surface area contributed by atoms with Crippen LogP contribution in [0, 0.1) is 41.1 Å². The van der Waals surface area contributed by atoms with Crippen molar-refractivity contribution in [1.82, 2.24) is 4.98 Å². The highest BCUT2D eigenvalue weighted by Crippen LogP contribution is 2.33. The van der Waals surface area contributed by atoms with Gasteiger partial charge in [-0.2, -0.15) is 5.26 Å². The zero-order chi connectivity index (χ0) is 15.6. The van der Waals surface area contributed by atoms with Crippen LogP contribution in [0.3, 0.4) is 0 Å². The number of nitriles is 1. The van der Waals surface area contributed by atoms with Crippen LogP contribution in [0.15, 0.2) is 24.3 Å². The van der Waals surface area contributed by atoms with E-state index in [-0.39, 0.29) is 17.2 Å². The average molecular weight is 287 g/mol. The number of rotatable bonds is 3. The van der Waals surface area contributed by atoms with Gasteiger partial charge in [-0.05, 0) is 37.6 Å². The molecule has 1 heterocycles. The first-order valence-electron chi connectivity index (χ1n) is 5.92. The highest BCUT2D eigenvalue weighted by atomic mass is 19.1. The first-order chi connectivity index (χ1) is 9.92. The summed E-state index contributed by atoms with van der Waals surface area (Å²) in [6.45, 7) is 3.42. The van der Waals surface area contributed by atoms with Gasteiger partial charge in [0.15, 0.2) is 0 Å². The van der Waals surface area contributed by atoms with Crippen molar-refractivity contribution < 1.29 is 14.1 Å². The summed E-state index contributed by atoms with van der Waals surface area (Å²) in [5.74, 6) is -0.956. The molecule has 0 fully saturated rings. The summed E-state index contributed by atoms with van der Waals surface area (Å²) in [5, 5.41) is 20.1. The van der Waals surface area contributed by atoms with Crippen molar-refractivity contribution in [2.75, 3.05) is 0 Å². The van der Waals surface area contributed by atoms with Gasteiger partial charge in [-0.25, -0.2) is 9.37 Å². The maximum absolute atomic E-state index is 13.1. The minimum Gasteiger partial charge on any atom is -0.430 e. The Morgan fingerprint density at radius 2 is 2.10 bits per heavy atom. The maximum atomic E-state index is 13.1. The first-order valence-corrected chi connectivity index (χ1v) is 5.92. The van der Waals surface area contributed by atoms with Crippen LogP contribution in [0.2, 0.25) is 0 Å². The van der Waals surface area contributed by atoms with Gasteiger partial charge in [0.25, 0.3) is 0 Å². The Morgan fingerprint density at radius 1 is 1.38 bits per heavy atom. The zero-order valence-electron chi connectivity index (χ0n) is 11.3. The first kappa shape index (κ1) is 14.4. The van der Waals surface area contributed by atoms with Gasteiger partial charge < -0.3 is 4.74 Å². The molecule has 2 aromatic rings. The predicted molar refractivity (Wildman–Crippen MR) is 71.6 cm³/mol. The molecule has 0 amide bonds. The van der Waals surface area contributed by atoms with Gasteiger partial charge in [0.05, 0.1) is 11.0 Å². The number of hydrogen-bond acceptors (Lipinski definition) is 5. The highest BCUT2D eigenvalue weighted by molar-refractivity contribution is 5.51. The van der Waals surface area contributed by atoms with E-state index in [0.29, 0.717) is 11.3 Å². The molecule has 0 spiro atoms. The van der Waals surface area contributed by atoms with Gasteiger partial charge in [-0.3, -0.25) is 10.1 Å². The summed E-state index contributed by atoms with van der Waals surface area (Å²) in [5.41, 5.74) is 0.898. The lowest BCUT2D eigenvalue weighted by molar-refractivity contribution is -0.385. The number of halogens is 1. The van der Waals surface area contributed by atoms with E-state index in [4.69, 9.17) is 10.00 Å². The quantitative estimate of drug-likeness (QED) is 0.637. The molecule has 21 heavy (non-hydrogen) atoms.